The number of carboxylic acid groups (broad SMARTS) is 1. The van der Waals surface area contributed by atoms with Crippen LogP contribution in [0.4, 0.5) is 0 Å². The highest BCUT2D eigenvalue weighted by Crippen LogP contribution is 2.20. The highest BCUT2D eigenvalue weighted by Gasteiger charge is 2.33. The van der Waals surface area contributed by atoms with Crippen LogP contribution < -0.4 is 0 Å². The molecule has 0 aromatic rings. The molecule has 1 atom stereocenters. The van der Waals surface area contributed by atoms with Crippen LogP contribution in [0.5, 0.6) is 0 Å². The Kier molecular flexibility index (Phi) is 7.32. The number of esters is 1. The maximum absolute atomic E-state index is 11.7. The van der Waals surface area contributed by atoms with Gasteiger partial charge in [-0.25, -0.2) is 0 Å². The first-order valence-corrected chi connectivity index (χ1v) is 7.28. The number of rotatable bonds is 8. The van der Waals surface area contributed by atoms with Gasteiger partial charge in [0.05, 0.1) is 26.2 Å². The molecule has 1 heterocycles. The zero-order valence-corrected chi connectivity index (χ0v) is 12.7. The predicted octanol–water partition coefficient (Wildman–Crippen LogP) is 0.805. The average molecular weight is 305 g/mol. The second kappa shape index (κ2) is 8.49. The molecule has 1 rings (SSSR count). The van der Waals surface area contributed by atoms with E-state index in [2.05, 4.69) is 17.5 Å². The first-order chi connectivity index (χ1) is 9.42. The summed E-state index contributed by atoms with van der Waals surface area (Å²) >= 11 is 4.05. The van der Waals surface area contributed by atoms with Crippen LogP contribution in [-0.2, 0) is 19.1 Å². The molecule has 116 valence electrons. The molecule has 1 aliphatic rings. The van der Waals surface area contributed by atoms with Crippen LogP contribution in [0.25, 0.3) is 0 Å². The van der Waals surface area contributed by atoms with E-state index in [1.807, 2.05) is 0 Å². The molecule has 0 amide bonds. The van der Waals surface area contributed by atoms with Gasteiger partial charge in [-0.05, 0) is 26.3 Å². The van der Waals surface area contributed by atoms with Gasteiger partial charge in [-0.1, -0.05) is 0 Å². The number of morpholine rings is 1. The smallest absolute Gasteiger partial charge is 0.322 e. The Labute approximate surface area is 124 Å². The quantitative estimate of drug-likeness (QED) is 0.392. The molecule has 1 saturated heterocycles. The van der Waals surface area contributed by atoms with E-state index in [1.54, 1.807) is 0 Å². The van der Waals surface area contributed by atoms with E-state index >= 15 is 0 Å². The lowest BCUT2D eigenvalue weighted by Gasteiger charge is -2.26. The zero-order chi connectivity index (χ0) is 15.0. The van der Waals surface area contributed by atoms with Crippen LogP contribution in [0, 0.1) is 0 Å². The highest BCUT2D eigenvalue weighted by atomic mass is 32.1. The lowest BCUT2D eigenvalue weighted by molar-refractivity contribution is -0.150. The molecule has 0 bridgehead atoms. The average Bonchev–Trinajstić information content (AvgIpc) is 2.37. The molecule has 0 aromatic carbocycles. The lowest BCUT2D eigenvalue weighted by atomic mass is 10.1. The van der Waals surface area contributed by atoms with Crippen LogP contribution in [0.15, 0.2) is 0 Å². The third-order valence-electron chi connectivity index (χ3n) is 3.14. The van der Waals surface area contributed by atoms with Crippen molar-refractivity contribution in [2.45, 2.75) is 30.9 Å². The molecule has 1 unspecified atom stereocenters. The number of aliphatic carboxylic acids is 1. The van der Waals surface area contributed by atoms with Crippen LogP contribution in [0.3, 0.4) is 0 Å². The Hall–Kier alpha value is -0.790. The maximum Gasteiger partial charge on any atom is 0.322 e. The summed E-state index contributed by atoms with van der Waals surface area (Å²) in [6.45, 7) is 6.19. The lowest BCUT2D eigenvalue weighted by Crippen LogP contribution is -2.37. The van der Waals surface area contributed by atoms with Gasteiger partial charge in [0.25, 0.3) is 0 Å². The molecule has 0 saturated carbocycles. The van der Waals surface area contributed by atoms with Crippen LogP contribution in [-0.4, -0.2) is 66.1 Å². The Morgan fingerprint density at radius 1 is 1.35 bits per heavy atom. The van der Waals surface area contributed by atoms with Crippen molar-refractivity contribution in [2.75, 3.05) is 39.5 Å². The van der Waals surface area contributed by atoms with Gasteiger partial charge in [0.15, 0.2) is 0 Å². The standard InChI is InChI=1S/C13H23NO5S/c1-13(20,10-11(15)16)12(17)19-7-3-2-4-14-5-8-18-9-6-14/h20H,2-10H2,1H3,(H,15,16). The van der Waals surface area contributed by atoms with Crippen molar-refractivity contribution in [1.29, 1.82) is 0 Å². The maximum atomic E-state index is 11.7. The second-order valence-electron chi connectivity index (χ2n) is 5.14. The number of hydrogen-bond acceptors (Lipinski definition) is 6. The van der Waals surface area contributed by atoms with Gasteiger partial charge in [-0.3, -0.25) is 14.5 Å². The van der Waals surface area contributed by atoms with E-state index in [0.29, 0.717) is 6.61 Å². The van der Waals surface area contributed by atoms with Gasteiger partial charge in [-0.15, -0.1) is 0 Å². The number of carboxylic acids is 1. The molecular formula is C13H23NO5S. The topological polar surface area (TPSA) is 76.1 Å². The van der Waals surface area contributed by atoms with E-state index in [0.717, 1.165) is 45.7 Å². The first-order valence-electron chi connectivity index (χ1n) is 6.83. The van der Waals surface area contributed by atoms with Gasteiger partial charge in [0, 0.05) is 13.1 Å². The van der Waals surface area contributed by atoms with Crippen molar-refractivity contribution in [3.8, 4) is 0 Å². The number of thiol groups is 1. The van der Waals surface area contributed by atoms with Gasteiger partial charge >= 0.3 is 11.9 Å². The monoisotopic (exact) mass is 305 g/mol. The molecular weight excluding hydrogens is 282 g/mol. The first kappa shape index (κ1) is 17.3. The zero-order valence-electron chi connectivity index (χ0n) is 11.8. The summed E-state index contributed by atoms with van der Waals surface area (Å²) in [6.07, 6.45) is 1.36. The molecule has 1 N–H and O–H groups in total. The summed E-state index contributed by atoms with van der Waals surface area (Å²) < 4.78 is 9.07. The summed E-state index contributed by atoms with van der Waals surface area (Å²) in [5.74, 6) is -1.64. The Morgan fingerprint density at radius 3 is 2.60 bits per heavy atom. The van der Waals surface area contributed by atoms with Crippen molar-refractivity contribution in [3.05, 3.63) is 0 Å². The minimum atomic E-state index is -1.27. The van der Waals surface area contributed by atoms with Crippen LogP contribution >= 0.6 is 12.6 Å². The van der Waals surface area contributed by atoms with Crippen molar-refractivity contribution in [2.24, 2.45) is 0 Å². The normalized spacial score (nSPS) is 19.3. The Balaban J connectivity index is 2.10. The molecule has 7 heteroatoms. The molecule has 6 nitrogen and oxygen atoms in total. The second-order valence-corrected chi connectivity index (χ2v) is 6.13. The third kappa shape index (κ3) is 6.58. The number of hydrogen-bond donors (Lipinski definition) is 2. The van der Waals surface area contributed by atoms with Gasteiger partial charge in [0.1, 0.15) is 4.75 Å². The fraction of sp³-hybridized carbons (Fsp3) is 0.846. The van der Waals surface area contributed by atoms with Crippen molar-refractivity contribution in [1.82, 2.24) is 4.90 Å². The van der Waals surface area contributed by atoms with E-state index in [9.17, 15) is 9.59 Å². The van der Waals surface area contributed by atoms with Crippen molar-refractivity contribution < 1.29 is 24.2 Å². The van der Waals surface area contributed by atoms with Gasteiger partial charge in [-0.2, -0.15) is 12.6 Å². The van der Waals surface area contributed by atoms with E-state index in [1.165, 1.54) is 6.92 Å². The van der Waals surface area contributed by atoms with Crippen molar-refractivity contribution in [3.63, 3.8) is 0 Å². The van der Waals surface area contributed by atoms with E-state index in [-0.39, 0.29) is 6.42 Å². The molecule has 1 aliphatic heterocycles. The molecule has 0 spiro atoms. The van der Waals surface area contributed by atoms with Crippen LogP contribution in [0.2, 0.25) is 0 Å². The van der Waals surface area contributed by atoms with Gasteiger partial charge < -0.3 is 14.6 Å². The minimum absolute atomic E-state index is 0.305. The van der Waals surface area contributed by atoms with E-state index < -0.39 is 16.7 Å². The highest BCUT2D eigenvalue weighted by molar-refractivity contribution is 7.82. The summed E-state index contributed by atoms with van der Waals surface area (Å²) in [5, 5.41) is 8.68. The SMILES string of the molecule is CC(S)(CC(=O)O)C(=O)OCCCCN1CCOCC1. The number of carbonyl (C=O) groups excluding carboxylic acids is 1. The van der Waals surface area contributed by atoms with Crippen LogP contribution in [0.1, 0.15) is 26.2 Å². The molecule has 0 aliphatic carbocycles. The number of nitrogens with zero attached hydrogens (tertiary/aromatic N) is 1. The summed E-state index contributed by atoms with van der Waals surface area (Å²) in [5.41, 5.74) is 0. The number of carbonyl (C=O) groups is 2. The fourth-order valence-corrected chi connectivity index (χ4v) is 2.15. The summed E-state index contributed by atoms with van der Waals surface area (Å²) in [7, 11) is 0. The molecule has 0 aromatic heterocycles. The molecule has 0 radical (unpaired) electrons. The Morgan fingerprint density at radius 2 is 2.00 bits per heavy atom. The van der Waals surface area contributed by atoms with E-state index in [4.69, 9.17) is 14.6 Å². The summed E-state index contributed by atoms with van der Waals surface area (Å²) in [4.78, 5) is 24.6. The molecule has 1 fully saturated rings. The molecule has 20 heavy (non-hydrogen) atoms. The third-order valence-corrected chi connectivity index (χ3v) is 3.48. The Bertz CT molecular complexity index is 329. The summed E-state index contributed by atoms with van der Waals surface area (Å²) in [6, 6.07) is 0. The predicted molar refractivity (Wildman–Crippen MR) is 77.1 cm³/mol. The largest absolute Gasteiger partial charge is 0.481 e. The number of ether oxygens (including phenoxy) is 2. The minimum Gasteiger partial charge on any atom is -0.481 e. The fourth-order valence-electron chi connectivity index (χ4n) is 1.95. The van der Waals surface area contributed by atoms with Crippen molar-refractivity contribution >= 4 is 24.6 Å². The van der Waals surface area contributed by atoms with Gasteiger partial charge in [0.2, 0.25) is 0 Å². The number of unbranched alkanes of at least 4 members (excludes halogenated alkanes) is 1.